The first kappa shape index (κ1) is 47.3. The van der Waals surface area contributed by atoms with E-state index in [0.717, 1.165) is 38.5 Å². The van der Waals surface area contributed by atoms with Crippen molar-refractivity contribution in [2.45, 2.75) is 152 Å². The highest BCUT2D eigenvalue weighted by molar-refractivity contribution is 6.36. The Morgan fingerprint density at radius 1 is 0.868 bits per heavy atom. The number of halogens is 2. The minimum atomic E-state index is -2.27. The minimum Gasteiger partial charge on any atom is -0.453 e. The Balaban J connectivity index is 0.000000834. The van der Waals surface area contributed by atoms with Crippen molar-refractivity contribution < 1.29 is 59.5 Å². The lowest BCUT2D eigenvalue weighted by atomic mass is 9.98. The third-order valence-electron chi connectivity index (χ3n) is 9.41. The van der Waals surface area contributed by atoms with Crippen molar-refractivity contribution in [3.63, 3.8) is 0 Å². The molecule has 15 heteroatoms. The summed E-state index contributed by atoms with van der Waals surface area (Å²) in [5, 5.41) is 79.9. The van der Waals surface area contributed by atoms with Gasteiger partial charge in [-0.25, -0.2) is 0 Å². The molecule has 13 nitrogen and oxygen atoms in total. The monoisotopic (exact) mass is 791 g/mol. The number of aliphatic hydroxyl groups is 7. The standard InChI is InChI=1S/C31H56O12.C7H3Cl2N/c1-3-4-5-6-7-8-9-10-11-12-13-14-15-16-17-21(2)29(39)41-28-25(36)23(19-33)42-31(28,20-34)43-30-27(38)26(37)24(35)22(18-32)40-30;8-6-2-1-3-7(9)5(6)4-10/h10-11,21-28,30,32-38H,3-9,12-20H2,1-2H3;1-3H/b11-10-;/t21?,22-,23-,24-,25-,26+,27-,28+,30-,31+;/m1./s1. The third kappa shape index (κ3) is 14.6. The number of carbonyl (C=O) groups is 1. The van der Waals surface area contributed by atoms with E-state index < -0.39 is 86.5 Å². The van der Waals surface area contributed by atoms with Crippen molar-refractivity contribution in [3.05, 3.63) is 46.0 Å². The van der Waals surface area contributed by atoms with Gasteiger partial charge in [0, 0.05) is 0 Å². The Labute approximate surface area is 323 Å². The average molecular weight is 793 g/mol. The number of aliphatic hydroxyl groups excluding tert-OH is 7. The van der Waals surface area contributed by atoms with Crippen LogP contribution >= 0.6 is 23.2 Å². The maximum absolute atomic E-state index is 13.0. The summed E-state index contributed by atoms with van der Waals surface area (Å²) in [6.45, 7) is 1.53. The zero-order valence-corrected chi connectivity index (χ0v) is 32.3. The van der Waals surface area contributed by atoms with Crippen LogP contribution in [0.5, 0.6) is 0 Å². The predicted octanol–water partition coefficient (Wildman–Crippen LogP) is 4.30. The van der Waals surface area contributed by atoms with Crippen LogP contribution in [0, 0.1) is 17.2 Å². The maximum atomic E-state index is 13.0. The second-order valence-corrected chi connectivity index (χ2v) is 14.4. The molecule has 1 unspecified atom stereocenters. The molecule has 53 heavy (non-hydrogen) atoms. The number of carbonyl (C=O) groups excluding carboxylic acids is 1. The quantitative estimate of drug-likeness (QED) is 0.0525. The predicted molar refractivity (Wildman–Crippen MR) is 198 cm³/mol. The van der Waals surface area contributed by atoms with E-state index in [1.54, 1.807) is 25.1 Å². The first-order valence-electron chi connectivity index (χ1n) is 18.7. The topological polar surface area (TPSA) is 219 Å². The molecular weight excluding hydrogens is 733 g/mol. The van der Waals surface area contributed by atoms with Gasteiger partial charge in [-0.15, -0.1) is 0 Å². The summed E-state index contributed by atoms with van der Waals surface area (Å²) in [7, 11) is 0. The minimum absolute atomic E-state index is 0.339. The van der Waals surface area contributed by atoms with Gasteiger partial charge in [0.25, 0.3) is 0 Å². The number of nitrogens with zero attached hydrogens (tertiary/aromatic N) is 1. The van der Waals surface area contributed by atoms with Gasteiger partial charge in [0.05, 0.1) is 34.7 Å². The molecule has 0 aliphatic carbocycles. The first-order chi connectivity index (χ1) is 25.4. The van der Waals surface area contributed by atoms with Crippen molar-refractivity contribution in [1.82, 2.24) is 0 Å². The van der Waals surface area contributed by atoms with E-state index >= 15 is 0 Å². The highest BCUT2D eigenvalue weighted by atomic mass is 35.5. The van der Waals surface area contributed by atoms with Gasteiger partial charge in [0.2, 0.25) is 5.79 Å². The number of allylic oxidation sites excluding steroid dienone is 2. The van der Waals surface area contributed by atoms with Gasteiger partial charge < -0.3 is 54.7 Å². The molecule has 0 bridgehead atoms. The largest absolute Gasteiger partial charge is 0.453 e. The van der Waals surface area contributed by atoms with E-state index in [2.05, 4.69) is 19.1 Å². The van der Waals surface area contributed by atoms with E-state index in [0.29, 0.717) is 22.0 Å². The van der Waals surface area contributed by atoms with Crippen LogP contribution in [-0.2, 0) is 23.7 Å². The second kappa shape index (κ2) is 25.3. The maximum Gasteiger partial charge on any atom is 0.309 e. The first-order valence-corrected chi connectivity index (χ1v) is 19.4. The fourth-order valence-electron chi connectivity index (χ4n) is 6.08. The Kier molecular flexibility index (Phi) is 22.6. The third-order valence-corrected chi connectivity index (χ3v) is 10.0. The summed E-state index contributed by atoms with van der Waals surface area (Å²) in [5.41, 5.74) is 0.339. The van der Waals surface area contributed by atoms with Gasteiger partial charge in [-0.3, -0.25) is 4.79 Å². The number of ether oxygens (including phenoxy) is 4. The lowest BCUT2D eigenvalue weighted by Gasteiger charge is -2.43. The Morgan fingerprint density at radius 3 is 1.96 bits per heavy atom. The molecule has 2 heterocycles. The molecule has 2 aliphatic heterocycles. The highest BCUT2D eigenvalue weighted by Crippen LogP contribution is 2.38. The second-order valence-electron chi connectivity index (χ2n) is 13.6. The van der Waals surface area contributed by atoms with Crippen molar-refractivity contribution >= 4 is 29.2 Å². The van der Waals surface area contributed by atoms with Crippen LogP contribution in [0.3, 0.4) is 0 Å². The molecule has 0 radical (unpaired) electrons. The van der Waals surface area contributed by atoms with Crippen LogP contribution in [0.25, 0.3) is 0 Å². The average Bonchev–Trinajstić information content (AvgIpc) is 3.41. The molecule has 7 N–H and O–H groups in total. The zero-order chi connectivity index (χ0) is 39.4. The number of hydrogen-bond acceptors (Lipinski definition) is 13. The summed E-state index contributed by atoms with van der Waals surface area (Å²) >= 11 is 11.2. The molecule has 0 amide bonds. The summed E-state index contributed by atoms with van der Waals surface area (Å²) in [5.74, 6) is -3.47. The molecule has 10 atom stereocenters. The summed E-state index contributed by atoms with van der Waals surface area (Å²) in [4.78, 5) is 13.0. The van der Waals surface area contributed by atoms with Gasteiger partial charge in [0.15, 0.2) is 12.4 Å². The molecular formula is C38H59Cl2NO12. The van der Waals surface area contributed by atoms with Crippen LogP contribution < -0.4 is 0 Å². The van der Waals surface area contributed by atoms with Gasteiger partial charge in [-0.05, 0) is 44.2 Å². The molecule has 3 rings (SSSR count). The number of esters is 1. The summed E-state index contributed by atoms with van der Waals surface area (Å²) in [6.07, 6.45) is 6.11. The number of benzene rings is 1. The van der Waals surface area contributed by atoms with E-state index in [1.807, 2.05) is 6.07 Å². The Hall–Kier alpha value is -1.90. The van der Waals surface area contributed by atoms with Crippen molar-refractivity contribution in [3.8, 4) is 6.07 Å². The van der Waals surface area contributed by atoms with Gasteiger partial charge >= 0.3 is 5.97 Å². The molecule has 0 aromatic heterocycles. The molecule has 302 valence electrons. The fourth-order valence-corrected chi connectivity index (χ4v) is 6.56. The molecule has 0 saturated carbocycles. The SMILES string of the molecule is CCCCCCCC/C=C\CCCCCCC(C)C(=O)O[C@H]1[C@H](O)[C@@H](CO)O[C@@]1(CO)O[C@H]1O[C@H](CO)[C@@H](O)[C@H](O)[C@H]1O.N#Cc1c(Cl)cccc1Cl. The van der Waals surface area contributed by atoms with Gasteiger partial charge in [-0.1, -0.05) is 107 Å². The number of hydrogen-bond donors (Lipinski definition) is 7. The van der Waals surface area contributed by atoms with Crippen molar-refractivity contribution in [2.75, 3.05) is 19.8 Å². The number of rotatable bonds is 21. The summed E-state index contributed by atoms with van der Waals surface area (Å²) < 4.78 is 22.1. The van der Waals surface area contributed by atoms with E-state index in [1.165, 1.54) is 38.5 Å². The van der Waals surface area contributed by atoms with E-state index in [9.17, 15) is 40.5 Å². The Morgan fingerprint density at radius 2 is 1.43 bits per heavy atom. The van der Waals surface area contributed by atoms with Crippen LogP contribution in [0.4, 0.5) is 0 Å². The molecule has 2 saturated heterocycles. The lowest BCUT2D eigenvalue weighted by molar-refractivity contribution is -0.384. The highest BCUT2D eigenvalue weighted by Gasteiger charge is 2.61. The number of nitriles is 1. The van der Waals surface area contributed by atoms with Gasteiger partial charge in [-0.2, -0.15) is 5.26 Å². The molecule has 1 aromatic carbocycles. The normalized spacial score (nSPS) is 29.0. The van der Waals surface area contributed by atoms with Gasteiger partial charge in [0.1, 0.15) is 49.3 Å². The van der Waals surface area contributed by atoms with Crippen LogP contribution in [0.15, 0.2) is 30.4 Å². The fraction of sp³-hybridized carbons (Fsp3) is 0.737. The summed E-state index contributed by atoms with van der Waals surface area (Å²) in [6, 6.07) is 6.86. The van der Waals surface area contributed by atoms with E-state index in [-0.39, 0.29) is 0 Å². The smallest absolute Gasteiger partial charge is 0.309 e. The molecule has 2 fully saturated rings. The lowest BCUT2D eigenvalue weighted by Crippen LogP contribution is -2.63. The number of unbranched alkanes of at least 4 members (excludes halogenated alkanes) is 10. The Bertz CT molecular complexity index is 1250. The van der Waals surface area contributed by atoms with Crippen LogP contribution in [0.2, 0.25) is 10.0 Å². The van der Waals surface area contributed by atoms with Crippen LogP contribution in [0.1, 0.15) is 103 Å². The molecule has 2 aliphatic rings. The zero-order valence-electron chi connectivity index (χ0n) is 30.8. The molecule has 1 aromatic rings. The van der Waals surface area contributed by atoms with E-state index in [4.69, 9.17) is 47.4 Å². The van der Waals surface area contributed by atoms with Crippen molar-refractivity contribution in [1.29, 1.82) is 5.26 Å². The molecule has 0 spiro atoms. The van der Waals surface area contributed by atoms with Crippen molar-refractivity contribution in [2.24, 2.45) is 5.92 Å². The van der Waals surface area contributed by atoms with Crippen LogP contribution in [-0.4, -0.2) is 116 Å².